The van der Waals surface area contributed by atoms with E-state index in [0.717, 1.165) is 44.1 Å². The van der Waals surface area contributed by atoms with Crippen LogP contribution >= 0.6 is 11.6 Å². The topological polar surface area (TPSA) is 89.9 Å². The van der Waals surface area contributed by atoms with Crippen LogP contribution in [0.1, 0.15) is 105 Å². The second kappa shape index (κ2) is 12.1. The Kier molecular flexibility index (Phi) is 9.88. The highest BCUT2D eigenvalue weighted by Gasteiger charge is 2.50. The predicted octanol–water partition coefficient (Wildman–Crippen LogP) is 6.06. The van der Waals surface area contributed by atoms with E-state index in [1.54, 1.807) is 17.0 Å². The number of piperidine rings is 1. The smallest absolute Gasteiger partial charge is 0.245 e. The van der Waals surface area contributed by atoms with E-state index in [2.05, 4.69) is 19.2 Å². The van der Waals surface area contributed by atoms with Gasteiger partial charge >= 0.3 is 0 Å². The van der Waals surface area contributed by atoms with Gasteiger partial charge in [0.05, 0.1) is 11.2 Å². The van der Waals surface area contributed by atoms with Gasteiger partial charge in [-0.3, -0.25) is 9.59 Å². The lowest BCUT2D eigenvalue weighted by Crippen LogP contribution is -2.60. The summed E-state index contributed by atoms with van der Waals surface area (Å²) in [5.74, 6) is 0.154. The van der Waals surface area contributed by atoms with Gasteiger partial charge in [0.1, 0.15) is 6.04 Å². The minimum atomic E-state index is -1.09. The van der Waals surface area contributed by atoms with Crippen molar-refractivity contribution < 1.29 is 19.8 Å². The monoisotopic (exact) mass is 562 g/mol. The van der Waals surface area contributed by atoms with Crippen molar-refractivity contribution >= 4 is 23.4 Å². The molecule has 6 nitrogen and oxygen atoms in total. The number of benzene rings is 1. The highest BCUT2D eigenvalue weighted by Crippen LogP contribution is 2.46. The number of halogens is 1. The van der Waals surface area contributed by atoms with Crippen molar-refractivity contribution in [3.8, 4) is 0 Å². The minimum Gasteiger partial charge on any atom is -0.390 e. The Morgan fingerprint density at radius 2 is 1.79 bits per heavy atom. The van der Waals surface area contributed by atoms with E-state index in [1.165, 1.54) is 0 Å². The fraction of sp³-hybridized carbons (Fsp3) is 0.750. The molecule has 7 heteroatoms. The van der Waals surface area contributed by atoms with Crippen LogP contribution < -0.4 is 5.32 Å². The Morgan fingerprint density at radius 1 is 1.15 bits per heavy atom. The number of hydrogen-bond acceptors (Lipinski definition) is 4. The Morgan fingerprint density at radius 3 is 2.33 bits per heavy atom. The molecule has 2 aliphatic rings. The first kappa shape index (κ1) is 31.9. The van der Waals surface area contributed by atoms with Gasteiger partial charge in [-0.15, -0.1) is 0 Å². The third-order valence-corrected chi connectivity index (χ3v) is 9.86. The van der Waals surface area contributed by atoms with Crippen LogP contribution in [0.3, 0.4) is 0 Å². The summed E-state index contributed by atoms with van der Waals surface area (Å²) >= 11 is 6.07. The summed E-state index contributed by atoms with van der Waals surface area (Å²) in [4.78, 5) is 28.9. The highest BCUT2D eigenvalue weighted by molar-refractivity contribution is 6.30. The molecule has 1 saturated carbocycles. The van der Waals surface area contributed by atoms with E-state index in [9.17, 15) is 19.8 Å². The fourth-order valence-electron chi connectivity index (χ4n) is 6.90. The zero-order chi connectivity index (χ0) is 29.2. The fourth-order valence-corrected chi connectivity index (χ4v) is 7.03. The summed E-state index contributed by atoms with van der Waals surface area (Å²) in [7, 11) is 0. The molecule has 1 aliphatic carbocycles. The molecule has 1 aromatic carbocycles. The van der Waals surface area contributed by atoms with Gasteiger partial charge in [-0.1, -0.05) is 84.5 Å². The summed E-state index contributed by atoms with van der Waals surface area (Å²) in [5, 5.41) is 26.0. The number of nitrogens with one attached hydrogen (secondary N) is 1. The molecule has 1 aliphatic heterocycles. The Bertz CT molecular complexity index is 1010. The van der Waals surface area contributed by atoms with E-state index in [4.69, 9.17) is 11.6 Å². The van der Waals surface area contributed by atoms with Crippen LogP contribution in [0.25, 0.3) is 0 Å². The average Bonchev–Trinajstić information content (AvgIpc) is 2.83. The summed E-state index contributed by atoms with van der Waals surface area (Å²) in [6, 6.07) is 6.67. The molecule has 1 saturated heterocycles. The summed E-state index contributed by atoms with van der Waals surface area (Å²) in [5.41, 5.74) is -1.68. The zero-order valence-electron chi connectivity index (χ0n) is 25.1. The number of aliphatic hydroxyl groups is 2. The van der Waals surface area contributed by atoms with E-state index in [1.807, 2.05) is 46.8 Å². The van der Waals surface area contributed by atoms with Gasteiger partial charge in [0.25, 0.3) is 0 Å². The van der Waals surface area contributed by atoms with Crippen LogP contribution in [-0.2, 0) is 15.2 Å². The molecule has 1 aromatic rings. The lowest BCUT2D eigenvalue weighted by molar-refractivity contribution is -0.157. The van der Waals surface area contributed by atoms with Crippen LogP contribution in [0.4, 0.5) is 0 Å². The third-order valence-electron chi connectivity index (χ3n) is 9.61. The van der Waals surface area contributed by atoms with Gasteiger partial charge in [-0.25, -0.2) is 0 Å². The van der Waals surface area contributed by atoms with Gasteiger partial charge in [0.2, 0.25) is 11.8 Å². The van der Waals surface area contributed by atoms with Gasteiger partial charge < -0.3 is 20.4 Å². The van der Waals surface area contributed by atoms with Crippen LogP contribution in [0.5, 0.6) is 0 Å². The van der Waals surface area contributed by atoms with Crippen molar-refractivity contribution in [1.82, 2.24) is 10.2 Å². The van der Waals surface area contributed by atoms with Crippen molar-refractivity contribution in [3.63, 3.8) is 0 Å². The maximum Gasteiger partial charge on any atom is 0.245 e. The van der Waals surface area contributed by atoms with E-state index >= 15 is 0 Å². The Hall–Kier alpha value is -1.63. The molecule has 0 aromatic heterocycles. The number of carbonyl (C=O) groups excluding carboxylic acids is 2. The van der Waals surface area contributed by atoms with Crippen molar-refractivity contribution in [3.05, 3.63) is 34.9 Å². The molecular formula is C32H51ClN2O4. The molecule has 2 amide bonds. The summed E-state index contributed by atoms with van der Waals surface area (Å²) < 4.78 is 0. The third kappa shape index (κ3) is 7.56. The number of likely N-dealkylation sites (tertiary alicyclic amines) is 1. The molecule has 39 heavy (non-hydrogen) atoms. The minimum absolute atomic E-state index is 0.0667. The molecular weight excluding hydrogens is 512 g/mol. The molecule has 3 rings (SSSR count). The van der Waals surface area contributed by atoms with Crippen molar-refractivity contribution in [2.75, 3.05) is 13.1 Å². The maximum atomic E-state index is 13.8. The first-order chi connectivity index (χ1) is 18.0. The van der Waals surface area contributed by atoms with Gasteiger partial charge in [0, 0.05) is 29.9 Å². The number of hydrogen-bond donors (Lipinski definition) is 3. The average molecular weight is 563 g/mol. The molecule has 5 atom stereocenters. The van der Waals surface area contributed by atoms with E-state index in [-0.39, 0.29) is 23.1 Å². The number of rotatable bonds is 9. The zero-order valence-corrected chi connectivity index (χ0v) is 25.9. The first-order valence-corrected chi connectivity index (χ1v) is 15.2. The largest absolute Gasteiger partial charge is 0.390 e. The molecule has 0 spiro atoms. The molecule has 1 heterocycles. The summed E-state index contributed by atoms with van der Waals surface area (Å²) in [6.07, 6.45) is 6.27. The van der Waals surface area contributed by atoms with Gasteiger partial charge in [0.15, 0.2) is 0 Å². The van der Waals surface area contributed by atoms with Gasteiger partial charge in [-0.05, 0) is 67.6 Å². The predicted molar refractivity (Wildman–Crippen MR) is 157 cm³/mol. The molecule has 3 N–H and O–H groups in total. The van der Waals surface area contributed by atoms with E-state index < -0.39 is 22.7 Å². The quantitative estimate of drug-likeness (QED) is 0.341. The molecule has 3 unspecified atom stereocenters. The van der Waals surface area contributed by atoms with Crippen LogP contribution in [0, 0.1) is 22.7 Å². The van der Waals surface area contributed by atoms with Crippen LogP contribution in [0.15, 0.2) is 24.3 Å². The standard InChI is InChI=1S/C32H51ClN2O4/c1-8-30(6,18-23-10-9-15-31(7,38)19-23)20-26(36)34-27(22(2)3)28(37)35-17-16-32(39,29(4,5)21-35)24-11-13-25(33)14-12-24/h11-14,22-23,27,38-39H,8-10,15-21H2,1-7H3,(H,34,36)/t23?,27-,30?,31?,32+/m1/s1. The number of carbonyl (C=O) groups is 2. The van der Waals surface area contributed by atoms with E-state index in [0.29, 0.717) is 36.9 Å². The summed E-state index contributed by atoms with van der Waals surface area (Å²) in [6.45, 7) is 14.9. The van der Waals surface area contributed by atoms with Crippen molar-refractivity contribution in [2.24, 2.45) is 22.7 Å². The number of nitrogens with zero attached hydrogens (tertiary/aromatic N) is 1. The second-order valence-corrected chi connectivity index (χ2v) is 14.5. The molecule has 220 valence electrons. The highest BCUT2D eigenvalue weighted by atomic mass is 35.5. The maximum absolute atomic E-state index is 13.8. The number of amides is 2. The molecule has 0 bridgehead atoms. The normalized spacial score (nSPS) is 29.5. The lowest BCUT2D eigenvalue weighted by atomic mass is 9.66. The first-order valence-electron chi connectivity index (χ1n) is 14.8. The van der Waals surface area contributed by atoms with Crippen molar-refractivity contribution in [2.45, 2.75) is 117 Å². The Balaban J connectivity index is 1.66. The van der Waals surface area contributed by atoms with Crippen LogP contribution in [-0.4, -0.2) is 51.7 Å². The molecule has 0 radical (unpaired) electrons. The van der Waals surface area contributed by atoms with Gasteiger partial charge in [-0.2, -0.15) is 0 Å². The SMILES string of the molecule is CCC(C)(CC(=O)N[C@@H](C(=O)N1CC[C@](O)(c2ccc(Cl)cc2)C(C)(C)C1)C(C)C)CC1CCCC(C)(O)C1. The molecule has 2 fully saturated rings. The van der Waals surface area contributed by atoms with Crippen molar-refractivity contribution in [1.29, 1.82) is 0 Å². The second-order valence-electron chi connectivity index (χ2n) is 14.1. The lowest BCUT2D eigenvalue weighted by Gasteiger charge is -2.51. The van der Waals surface area contributed by atoms with Crippen LogP contribution in [0.2, 0.25) is 5.02 Å². The Labute approximate surface area is 240 Å².